The Kier molecular flexibility index (Phi) is 6.28. The monoisotopic (exact) mass is 606 g/mol. The Balaban J connectivity index is 1.18. The number of hydrogen-bond donors (Lipinski definition) is 0. The third kappa shape index (κ3) is 4.48. The fourth-order valence-electron chi connectivity index (χ4n) is 6.29. The number of hydrogen-bond acceptors (Lipinski definition) is 4. The molecule has 0 spiro atoms. The van der Waals surface area contributed by atoms with E-state index in [4.69, 9.17) is 15.0 Å². The van der Waals surface area contributed by atoms with Crippen molar-refractivity contribution in [3.63, 3.8) is 0 Å². The molecule has 0 aliphatic heterocycles. The van der Waals surface area contributed by atoms with Gasteiger partial charge in [-0.1, -0.05) is 115 Å². The molecule has 9 rings (SSSR count). The zero-order chi connectivity index (χ0) is 30.5. The molecule has 46 heavy (non-hydrogen) atoms. The van der Waals surface area contributed by atoms with E-state index in [1.807, 2.05) is 18.2 Å². The summed E-state index contributed by atoms with van der Waals surface area (Å²) in [4.78, 5) is 16.4. The smallest absolute Gasteiger partial charge is 0.161 e. The van der Waals surface area contributed by atoms with E-state index in [1.165, 1.54) is 10.1 Å². The summed E-state index contributed by atoms with van der Waals surface area (Å²) in [6, 6.07) is 54.8. The molecular formula is C41H26N4S. The van der Waals surface area contributed by atoms with Gasteiger partial charge in [-0.25, -0.2) is 15.0 Å². The van der Waals surface area contributed by atoms with E-state index >= 15 is 0 Å². The van der Waals surface area contributed by atoms with Gasteiger partial charge in [-0.2, -0.15) is 0 Å². The van der Waals surface area contributed by atoms with Crippen LogP contribution < -0.4 is 0 Å². The van der Waals surface area contributed by atoms with Crippen LogP contribution in [0.15, 0.2) is 158 Å². The maximum absolute atomic E-state index is 5.22. The first kappa shape index (κ1) is 26.5. The number of thiophene rings is 1. The van der Waals surface area contributed by atoms with Gasteiger partial charge < -0.3 is 0 Å². The lowest BCUT2D eigenvalue weighted by Crippen LogP contribution is -1.97. The predicted molar refractivity (Wildman–Crippen MR) is 191 cm³/mol. The molecule has 0 atom stereocenters. The number of imidazole rings is 1. The normalized spacial score (nSPS) is 11.5. The molecule has 0 saturated heterocycles. The van der Waals surface area contributed by atoms with Crippen molar-refractivity contribution in [3.8, 4) is 50.8 Å². The molecule has 0 saturated carbocycles. The van der Waals surface area contributed by atoms with Crippen molar-refractivity contribution in [1.29, 1.82) is 0 Å². The fourth-order valence-corrected chi connectivity index (χ4v) is 7.37. The van der Waals surface area contributed by atoms with Gasteiger partial charge in [0.2, 0.25) is 0 Å². The Morgan fingerprint density at radius 2 is 1.11 bits per heavy atom. The first-order chi connectivity index (χ1) is 22.8. The molecule has 4 nitrogen and oxygen atoms in total. The second-order valence-electron chi connectivity index (χ2n) is 11.3. The highest BCUT2D eigenvalue weighted by atomic mass is 32.1. The van der Waals surface area contributed by atoms with Crippen molar-refractivity contribution < 1.29 is 0 Å². The van der Waals surface area contributed by atoms with Crippen molar-refractivity contribution in [3.05, 3.63) is 158 Å². The topological polar surface area (TPSA) is 43.6 Å². The average molecular weight is 607 g/mol. The van der Waals surface area contributed by atoms with Gasteiger partial charge in [0, 0.05) is 37.9 Å². The summed E-state index contributed by atoms with van der Waals surface area (Å²) in [5.41, 5.74) is 9.43. The molecule has 0 N–H and O–H groups in total. The van der Waals surface area contributed by atoms with Gasteiger partial charge >= 0.3 is 0 Å². The van der Waals surface area contributed by atoms with Crippen LogP contribution in [0, 0.1) is 0 Å². The molecule has 0 fully saturated rings. The van der Waals surface area contributed by atoms with Crippen LogP contribution in [0.5, 0.6) is 0 Å². The molecule has 3 aromatic heterocycles. The van der Waals surface area contributed by atoms with E-state index < -0.39 is 0 Å². The number of nitrogens with zero attached hydrogens (tertiary/aromatic N) is 4. The van der Waals surface area contributed by atoms with Crippen LogP contribution in [0.4, 0.5) is 0 Å². The quantitative estimate of drug-likeness (QED) is 0.196. The predicted octanol–water partition coefficient (Wildman–Crippen LogP) is 10.9. The number of benzene rings is 6. The highest BCUT2D eigenvalue weighted by Gasteiger charge is 2.18. The van der Waals surface area contributed by atoms with Crippen LogP contribution in [-0.4, -0.2) is 19.5 Å². The Morgan fingerprint density at radius 3 is 1.93 bits per heavy atom. The van der Waals surface area contributed by atoms with E-state index in [9.17, 15) is 0 Å². The maximum Gasteiger partial charge on any atom is 0.161 e. The lowest BCUT2D eigenvalue weighted by molar-refractivity contribution is 1.10. The molecule has 9 aromatic rings. The summed E-state index contributed by atoms with van der Waals surface area (Å²) in [5.74, 6) is 1.64. The summed E-state index contributed by atoms with van der Waals surface area (Å²) in [7, 11) is 0. The van der Waals surface area contributed by atoms with Crippen molar-refractivity contribution in [1.82, 2.24) is 19.5 Å². The van der Waals surface area contributed by atoms with Crippen LogP contribution in [0.3, 0.4) is 0 Å². The third-order valence-electron chi connectivity index (χ3n) is 8.44. The van der Waals surface area contributed by atoms with E-state index in [0.717, 1.165) is 72.1 Å². The number of aromatic nitrogens is 4. The average Bonchev–Trinajstić information content (AvgIpc) is 3.71. The fraction of sp³-hybridized carbons (Fsp3) is 0. The van der Waals surface area contributed by atoms with Crippen LogP contribution in [-0.2, 0) is 0 Å². The van der Waals surface area contributed by atoms with Crippen molar-refractivity contribution in [2.75, 3.05) is 0 Å². The molecule has 0 aliphatic carbocycles. The Labute approximate surface area is 269 Å². The Morgan fingerprint density at radius 1 is 0.478 bits per heavy atom. The highest BCUT2D eigenvalue weighted by Crippen LogP contribution is 2.40. The number of rotatable bonds is 5. The summed E-state index contributed by atoms with van der Waals surface area (Å²) in [6.45, 7) is 0. The standard InChI is InChI=1S/C41H26N4S/c1-3-13-27(14-4-1)38-37-33-21-7-10-24-36(33)46-41(37)44-39(43-38)30-17-11-15-28(25-30)29-16-12-18-31(26-29)40-42-34-22-8-9-23-35(34)45(40)32-19-5-2-6-20-32/h1-26H. The van der Waals surface area contributed by atoms with Crippen LogP contribution in [0.25, 0.3) is 82.2 Å². The first-order valence-corrected chi connectivity index (χ1v) is 16.1. The summed E-state index contributed by atoms with van der Waals surface area (Å²) in [6.07, 6.45) is 0. The van der Waals surface area contributed by atoms with Gasteiger partial charge in [-0.3, -0.25) is 4.57 Å². The first-order valence-electron chi connectivity index (χ1n) is 15.3. The third-order valence-corrected chi connectivity index (χ3v) is 9.50. The van der Waals surface area contributed by atoms with E-state index in [-0.39, 0.29) is 0 Å². The molecule has 0 unspecified atom stereocenters. The van der Waals surface area contributed by atoms with Gasteiger partial charge in [-0.05, 0) is 53.6 Å². The minimum absolute atomic E-state index is 0.724. The van der Waals surface area contributed by atoms with E-state index in [1.54, 1.807) is 11.3 Å². The Bertz CT molecular complexity index is 2530. The molecule has 6 aromatic carbocycles. The van der Waals surface area contributed by atoms with Gasteiger partial charge in [0.25, 0.3) is 0 Å². The number of para-hydroxylation sites is 3. The van der Waals surface area contributed by atoms with Gasteiger partial charge in [0.15, 0.2) is 5.82 Å². The minimum atomic E-state index is 0.724. The lowest BCUT2D eigenvalue weighted by Gasteiger charge is -2.11. The zero-order valence-corrected chi connectivity index (χ0v) is 25.5. The molecule has 216 valence electrons. The van der Waals surface area contributed by atoms with Gasteiger partial charge in [0.05, 0.1) is 16.7 Å². The summed E-state index contributed by atoms with van der Waals surface area (Å²) in [5, 5.41) is 2.31. The second-order valence-corrected chi connectivity index (χ2v) is 12.3. The molecule has 0 radical (unpaired) electrons. The van der Waals surface area contributed by atoms with Crippen LogP contribution in [0.1, 0.15) is 0 Å². The van der Waals surface area contributed by atoms with Crippen LogP contribution >= 0.6 is 11.3 Å². The molecule has 0 bridgehead atoms. The van der Waals surface area contributed by atoms with Crippen molar-refractivity contribution in [2.24, 2.45) is 0 Å². The molecule has 0 aliphatic rings. The summed E-state index contributed by atoms with van der Waals surface area (Å²) < 4.78 is 3.46. The van der Waals surface area contributed by atoms with Crippen LogP contribution in [0.2, 0.25) is 0 Å². The van der Waals surface area contributed by atoms with Crippen molar-refractivity contribution in [2.45, 2.75) is 0 Å². The maximum atomic E-state index is 5.22. The SMILES string of the molecule is c1ccc(-c2nc(-c3cccc(-c4cccc(-c5nc6ccccc6n5-c5ccccc5)c4)c3)nc3sc4ccccc4c23)cc1. The minimum Gasteiger partial charge on any atom is -0.292 e. The second kappa shape index (κ2) is 10.9. The van der Waals surface area contributed by atoms with E-state index in [2.05, 4.69) is 144 Å². The largest absolute Gasteiger partial charge is 0.292 e. The molecule has 3 heterocycles. The molecular weight excluding hydrogens is 581 g/mol. The Hall–Kier alpha value is -5.91. The lowest BCUT2D eigenvalue weighted by atomic mass is 10.00. The molecule has 5 heteroatoms. The van der Waals surface area contributed by atoms with Gasteiger partial charge in [0.1, 0.15) is 10.7 Å². The van der Waals surface area contributed by atoms with Gasteiger partial charge in [-0.15, -0.1) is 11.3 Å². The molecule has 0 amide bonds. The number of fused-ring (bicyclic) bond motifs is 4. The van der Waals surface area contributed by atoms with E-state index in [0.29, 0.717) is 0 Å². The summed E-state index contributed by atoms with van der Waals surface area (Å²) >= 11 is 1.72. The van der Waals surface area contributed by atoms with Crippen molar-refractivity contribution >= 4 is 42.7 Å². The zero-order valence-electron chi connectivity index (χ0n) is 24.7. The highest BCUT2D eigenvalue weighted by molar-refractivity contribution is 7.25.